The average molecular weight is 1840 g/mol. The topological polar surface area (TPSA) is 361 Å². The highest BCUT2D eigenvalue weighted by Gasteiger charge is 2.47. The van der Waals surface area contributed by atoms with Gasteiger partial charge in [0.15, 0.2) is 12.6 Å². The third-order valence-corrected chi connectivity index (χ3v) is 28.8. The SMILES string of the molecule is COc1ccc(S(=O)(=O)N(CC(C)C)C[C@@H](O)[C@H](Cc2ccc(OCP(=O)(Oc3ccccc3)OC(C)C)cc2)NC(=O)O[C@H]2CO[C@H]3OCC[C@H]32)cc1.COc1ccc(S(=O)(=O)N(CC(C)C)C[C@@H](OP(=O)(OCc2ccccc2)OCc2ccccc2)[C@H](Cc2ccc(OCP(=O)(Oc3ccccc3)OC(C)C)cc2)NC(=O)O[C@H]2CO[C@H]3OCC[C@H]32)cc1. The molecule has 0 saturated carbocycles. The first-order valence-corrected chi connectivity index (χ1v) is 49.6. The minimum Gasteiger partial charge on any atom is -0.497 e. The maximum absolute atomic E-state index is 15.3. The predicted octanol–water partition coefficient (Wildman–Crippen LogP) is 16.2. The molecule has 3 N–H and O–H groups in total. The number of nitrogens with zero attached hydrogens (tertiary/aromatic N) is 2. The Labute approximate surface area is 738 Å². The van der Waals surface area contributed by atoms with E-state index in [1.54, 1.807) is 198 Å². The van der Waals surface area contributed by atoms with Crippen LogP contribution in [0.25, 0.3) is 0 Å². The van der Waals surface area contributed by atoms with Crippen molar-refractivity contribution in [1.82, 2.24) is 19.2 Å². The van der Waals surface area contributed by atoms with Gasteiger partial charge in [0.2, 0.25) is 32.7 Å². The molecular formula is C90H115N4O27P3S2. The summed E-state index contributed by atoms with van der Waals surface area (Å²) in [5.74, 6) is 1.85. The van der Waals surface area contributed by atoms with E-state index in [4.69, 9.17) is 79.0 Å². The molecule has 4 heterocycles. The van der Waals surface area contributed by atoms with Crippen molar-refractivity contribution in [1.29, 1.82) is 0 Å². The number of carbonyl (C=O) groups excluding carboxylic acids is 2. The number of para-hydroxylation sites is 2. The number of aliphatic hydroxyl groups is 1. The molecule has 12 atom stereocenters. The van der Waals surface area contributed by atoms with Crippen LogP contribution < -0.4 is 38.6 Å². The summed E-state index contributed by atoms with van der Waals surface area (Å²) in [6.07, 6.45) is -6.69. The number of sulfonamides is 2. The molecule has 4 fully saturated rings. The minimum atomic E-state index is -4.68. The highest BCUT2D eigenvalue weighted by atomic mass is 32.2. The maximum atomic E-state index is 15.3. The Morgan fingerprint density at radius 1 is 0.437 bits per heavy atom. The summed E-state index contributed by atoms with van der Waals surface area (Å²) in [5, 5.41) is 17.4. The van der Waals surface area contributed by atoms with E-state index in [2.05, 4.69) is 10.6 Å². The summed E-state index contributed by atoms with van der Waals surface area (Å²) in [5.41, 5.74) is 2.63. The molecule has 12 rings (SSSR count). The molecule has 684 valence electrons. The summed E-state index contributed by atoms with van der Waals surface area (Å²) < 4.78 is 201. The molecule has 0 aliphatic carbocycles. The fourth-order valence-electron chi connectivity index (χ4n) is 14.3. The van der Waals surface area contributed by atoms with Crippen LogP contribution >= 0.6 is 23.0 Å². The zero-order chi connectivity index (χ0) is 90.0. The highest BCUT2D eigenvalue weighted by Crippen LogP contribution is 2.54. The third kappa shape index (κ3) is 29.4. The van der Waals surface area contributed by atoms with E-state index in [1.807, 2.05) is 52.0 Å². The van der Waals surface area contributed by atoms with Crippen molar-refractivity contribution in [3.63, 3.8) is 0 Å². The van der Waals surface area contributed by atoms with Gasteiger partial charge in [0.1, 0.15) is 52.8 Å². The first-order chi connectivity index (χ1) is 60.3. The molecule has 31 nitrogen and oxygen atoms in total. The molecule has 8 aromatic rings. The van der Waals surface area contributed by atoms with Gasteiger partial charge in [-0.3, -0.25) is 22.6 Å². The number of ether oxygens (including phenoxy) is 10. The van der Waals surface area contributed by atoms with Crippen molar-refractivity contribution in [2.75, 3.05) is 79.5 Å². The van der Waals surface area contributed by atoms with Crippen LogP contribution in [0.1, 0.15) is 90.5 Å². The molecular weight excluding hydrogens is 1730 g/mol. The van der Waals surface area contributed by atoms with Crippen molar-refractivity contribution < 1.29 is 124 Å². The lowest BCUT2D eigenvalue weighted by Gasteiger charge is -2.35. The molecule has 4 aliphatic heterocycles. The average Bonchev–Trinajstić information content (AvgIpc) is 0.986. The van der Waals surface area contributed by atoms with Crippen LogP contribution in [0.4, 0.5) is 9.59 Å². The van der Waals surface area contributed by atoms with Crippen molar-refractivity contribution in [2.24, 2.45) is 23.7 Å². The number of methoxy groups -OCH3 is 2. The van der Waals surface area contributed by atoms with Crippen LogP contribution in [0.15, 0.2) is 228 Å². The monoisotopic (exact) mass is 1840 g/mol. The van der Waals surface area contributed by atoms with E-state index in [9.17, 15) is 40.7 Å². The van der Waals surface area contributed by atoms with Gasteiger partial charge < -0.3 is 72.2 Å². The molecule has 126 heavy (non-hydrogen) atoms. The fraction of sp³-hybridized carbons (Fsp3) is 0.444. The lowest BCUT2D eigenvalue weighted by atomic mass is 10.0. The van der Waals surface area contributed by atoms with Gasteiger partial charge in [-0.2, -0.15) is 8.61 Å². The first-order valence-electron chi connectivity index (χ1n) is 41.8. The summed E-state index contributed by atoms with van der Waals surface area (Å²) >= 11 is 0. The molecule has 2 unspecified atom stereocenters. The summed E-state index contributed by atoms with van der Waals surface area (Å²) in [7, 11) is -17.6. The number of phosphoric ester groups is 1. The van der Waals surface area contributed by atoms with Gasteiger partial charge in [-0.05, 0) is 185 Å². The minimum absolute atomic E-state index is 0.00167. The van der Waals surface area contributed by atoms with E-state index in [0.29, 0.717) is 82.8 Å². The lowest BCUT2D eigenvalue weighted by Crippen LogP contribution is -2.52. The van der Waals surface area contributed by atoms with Crippen LogP contribution in [-0.4, -0.2) is 184 Å². The van der Waals surface area contributed by atoms with Crippen molar-refractivity contribution in [3.8, 4) is 34.5 Å². The van der Waals surface area contributed by atoms with Gasteiger partial charge in [-0.25, -0.2) is 40.1 Å². The van der Waals surface area contributed by atoms with E-state index in [0.717, 1.165) is 0 Å². The van der Waals surface area contributed by atoms with Crippen molar-refractivity contribution in [3.05, 3.63) is 241 Å². The number of rotatable bonds is 46. The van der Waals surface area contributed by atoms with Gasteiger partial charge in [-0.15, -0.1) is 0 Å². The van der Waals surface area contributed by atoms with Gasteiger partial charge in [0.05, 0.1) is 106 Å². The Balaban J connectivity index is 0.000000255. The number of amides is 2. The number of carbonyl (C=O) groups is 2. The Morgan fingerprint density at radius 2 is 0.802 bits per heavy atom. The highest BCUT2D eigenvalue weighted by molar-refractivity contribution is 7.89. The number of hydrogen-bond donors (Lipinski definition) is 3. The van der Waals surface area contributed by atoms with Crippen LogP contribution in [-0.2, 0) is 111 Å². The van der Waals surface area contributed by atoms with E-state index in [-0.39, 0.29) is 105 Å². The molecule has 4 aliphatic rings. The Hall–Kier alpha value is -8.79. The molecule has 4 saturated heterocycles. The molecule has 36 heteroatoms. The second-order valence-corrected chi connectivity index (χ2v) is 41.2. The maximum Gasteiger partial charge on any atom is 0.475 e. The number of hydrogen-bond acceptors (Lipinski definition) is 27. The molecule has 0 bridgehead atoms. The molecule has 0 radical (unpaired) electrons. The summed E-state index contributed by atoms with van der Waals surface area (Å²) in [6, 6.07) is 58.8. The molecule has 0 spiro atoms. The number of benzene rings is 8. The van der Waals surface area contributed by atoms with Gasteiger partial charge in [0, 0.05) is 26.2 Å². The number of phosphoric acid groups is 1. The number of fused-ring (bicyclic) bond motifs is 2. The van der Waals surface area contributed by atoms with E-state index in [1.165, 1.54) is 47.1 Å². The normalized spacial score (nSPS) is 19.5. The predicted molar refractivity (Wildman–Crippen MR) is 469 cm³/mol. The zero-order valence-electron chi connectivity index (χ0n) is 72.3. The fourth-order valence-corrected chi connectivity index (χ4v) is 22.0. The summed E-state index contributed by atoms with van der Waals surface area (Å²) in [4.78, 5) is 27.6. The van der Waals surface area contributed by atoms with Gasteiger partial charge in [0.25, 0.3) is 0 Å². The van der Waals surface area contributed by atoms with Crippen LogP contribution in [0.3, 0.4) is 0 Å². The van der Waals surface area contributed by atoms with Crippen LogP contribution in [0.2, 0.25) is 0 Å². The smallest absolute Gasteiger partial charge is 0.475 e. The zero-order valence-corrected chi connectivity index (χ0v) is 76.6. The summed E-state index contributed by atoms with van der Waals surface area (Å²) in [6.45, 7) is 14.7. The van der Waals surface area contributed by atoms with Gasteiger partial charge >= 0.3 is 35.2 Å². The van der Waals surface area contributed by atoms with Crippen molar-refractivity contribution in [2.45, 2.75) is 165 Å². The van der Waals surface area contributed by atoms with Crippen molar-refractivity contribution >= 4 is 55.2 Å². The largest absolute Gasteiger partial charge is 0.497 e. The van der Waals surface area contributed by atoms with Crippen LogP contribution in [0, 0.1) is 23.7 Å². The number of alkyl carbamates (subject to hydrolysis) is 2. The Kier molecular flexibility index (Phi) is 36.1. The second-order valence-electron chi connectivity index (χ2n) is 32.0. The molecule has 8 aromatic carbocycles. The van der Waals surface area contributed by atoms with E-state index < -0.39 is 123 Å². The lowest BCUT2D eigenvalue weighted by molar-refractivity contribution is -0.0909. The Morgan fingerprint density at radius 3 is 1.18 bits per heavy atom. The third-order valence-electron chi connectivity index (χ3n) is 20.3. The first kappa shape index (κ1) is 97.8. The standard InChI is InChI=1S/C52H64N2O15P2S.C38H51N2O12PS/c1-38(2)32-54(72(58,59)46-27-25-43(60-5)26-28-46)33-49(69-71(57,64-34-41-15-9-6-10-16-41)65-35-42-17-11-7-12-18-42)48(53-52(55)66-50-36-62-51-47(50)29-30-61-51)31-40-21-23-44(24-22-40)63-37-70(56,67-39(3)4)68-45-19-13-8-14-20-45;1-26(2)22-40(54(44,45)32-17-15-29(46-5)16-18-32)23-35(41)34(39-38(42)50-36-24-48-37-33(36)19-20-47-37)21-28-11-13-30(14-12-28)49-25-53(43,51-27(3)4)52-31-9-7-6-8-10-31/h6-28,38-39,47-51H,29-37H2,1-5H3,(H,53,55);6-18,26-27,33-37,41H,19-25H2,1-5H3,(H,39,42)/t47-,48-,49+,50-,51+,70?;33-,34-,35+,36-,37+,53?/m00/s1. The number of aliphatic hydroxyl groups excluding tert-OH is 1. The molecule has 2 amide bonds. The van der Waals surface area contributed by atoms with Crippen LogP contribution in [0.5, 0.6) is 34.5 Å². The Bertz CT molecular complexity index is 5040. The quantitative estimate of drug-likeness (QED) is 0.0298. The van der Waals surface area contributed by atoms with E-state index >= 15 is 4.57 Å². The van der Waals surface area contributed by atoms with Gasteiger partial charge in [-0.1, -0.05) is 149 Å². The molecule has 0 aromatic heterocycles. The number of nitrogens with one attached hydrogen (secondary N) is 2. The second kappa shape index (κ2) is 46.5.